The summed E-state index contributed by atoms with van der Waals surface area (Å²) in [6, 6.07) is 6.33. The number of carbonyl (C=O) groups is 5. The topological polar surface area (TPSA) is 223 Å². The van der Waals surface area contributed by atoms with Crippen molar-refractivity contribution in [1.82, 2.24) is 15.0 Å². The van der Waals surface area contributed by atoms with Crippen molar-refractivity contribution < 1.29 is 47.7 Å². The van der Waals surface area contributed by atoms with Crippen molar-refractivity contribution in [3.8, 4) is 11.3 Å². The number of esters is 4. The number of hydrogen-bond acceptors (Lipinski definition) is 13. The molecule has 0 unspecified atom stereocenters. The minimum atomic E-state index is -1.32. The van der Waals surface area contributed by atoms with Crippen molar-refractivity contribution in [3.63, 3.8) is 0 Å². The number of amides is 1. The van der Waals surface area contributed by atoms with Crippen LogP contribution in [0.5, 0.6) is 0 Å². The molecule has 3 rings (SSSR count). The first-order valence-electron chi connectivity index (χ1n) is 15.2. The number of para-hydroxylation sites is 1. The van der Waals surface area contributed by atoms with Gasteiger partial charge in [-0.05, 0) is 30.5 Å². The third-order valence-electron chi connectivity index (χ3n) is 7.31. The summed E-state index contributed by atoms with van der Waals surface area (Å²) in [4.78, 5) is 64.0. The number of benzene rings is 1. The van der Waals surface area contributed by atoms with Crippen LogP contribution in [0, 0.1) is 5.92 Å². The maximum Gasteiger partial charge on any atom is 0.373 e. The fraction of sp³-hybridized carbons (Fsp3) is 0.516. The van der Waals surface area contributed by atoms with Gasteiger partial charge in [0.2, 0.25) is 11.7 Å². The van der Waals surface area contributed by atoms with Gasteiger partial charge in [0.15, 0.2) is 12.2 Å². The van der Waals surface area contributed by atoms with Crippen molar-refractivity contribution in [3.05, 3.63) is 52.7 Å². The minimum absolute atomic E-state index is 0.197. The molecule has 1 aliphatic rings. The molecule has 0 bridgehead atoms. The molecule has 2 heterocycles. The summed E-state index contributed by atoms with van der Waals surface area (Å²) in [7, 11) is 1.17. The Bertz CT molecular complexity index is 1550. The number of methoxy groups -OCH3 is 1. The molecule has 0 saturated heterocycles. The molecule has 0 fully saturated rings. The van der Waals surface area contributed by atoms with Crippen LogP contribution in [0.1, 0.15) is 59.4 Å². The quantitative estimate of drug-likeness (QED) is 0.0673. The van der Waals surface area contributed by atoms with E-state index < -0.39 is 60.8 Å². The number of aromatic nitrogens is 3. The van der Waals surface area contributed by atoms with E-state index in [1.165, 1.54) is 24.8 Å². The highest BCUT2D eigenvalue weighted by Gasteiger charge is 2.46. The number of carbonyl (C=O) groups excluding carboxylic acids is 5. The molecule has 0 aliphatic carbocycles. The van der Waals surface area contributed by atoms with E-state index in [0.29, 0.717) is 36.3 Å². The highest BCUT2D eigenvalue weighted by molar-refractivity contribution is 5.95. The first kappa shape index (κ1) is 37.0. The molecular weight excluding hydrogens is 630 g/mol. The molecule has 17 heteroatoms. The average molecular weight is 670 g/mol. The minimum Gasteiger partial charge on any atom is -0.479 e. The van der Waals surface area contributed by atoms with Gasteiger partial charge >= 0.3 is 23.9 Å². The van der Waals surface area contributed by atoms with Crippen molar-refractivity contribution in [2.45, 2.75) is 77.7 Å². The van der Waals surface area contributed by atoms with Gasteiger partial charge in [0, 0.05) is 50.1 Å². The molecule has 1 aromatic heterocycles. The SMILES string of the molecule is COC(=O)C1=C[C@H](n2cc(-c3ccccc3NC(=O)CCCCCN=[N+]=[N-])nn2)[C@@H](C)[C@H]([C@H](OC(C)=O)[C@@H](COC(C)=O)OC(C)=O)O1. The maximum atomic E-state index is 12.7. The molecule has 48 heavy (non-hydrogen) atoms. The lowest BCUT2D eigenvalue weighted by Crippen LogP contribution is -2.52. The molecule has 1 aromatic carbocycles. The second-order valence-corrected chi connectivity index (χ2v) is 10.9. The standard InChI is InChI=1S/C31H39N7O10/c1-18-25(15-26(31(43)44-5)48-29(18)30(47-21(4)41)27(46-20(3)40)17-45-19(2)39)38-16-24(35-37-38)22-11-8-9-12-23(22)34-28(42)13-7-6-10-14-33-36-32/h8-9,11-12,15-16,18,25,27,29-30H,6-7,10,13-14,17H2,1-5H3,(H,34,42)/t18-,25+,27-,29-,30-/m1/s1. The predicted molar refractivity (Wildman–Crippen MR) is 167 cm³/mol. The van der Waals surface area contributed by atoms with Crippen LogP contribution >= 0.6 is 0 Å². The van der Waals surface area contributed by atoms with Crippen molar-refractivity contribution in [1.29, 1.82) is 0 Å². The Morgan fingerprint density at radius 3 is 2.46 bits per heavy atom. The van der Waals surface area contributed by atoms with E-state index >= 15 is 0 Å². The lowest BCUT2D eigenvalue weighted by atomic mass is 9.87. The second kappa shape index (κ2) is 18.0. The van der Waals surface area contributed by atoms with E-state index in [1.807, 2.05) is 0 Å². The summed E-state index contributed by atoms with van der Waals surface area (Å²) in [6.07, 6.45) is 1.69. The summed E-state index contributed by atoms with van der Waals surface area (Å²) < 4.78 is 28.4. The number of azide groups is 1. The molecule has 0 radical (unpaired) electrons. The fourth-order valence-electron chi connectivity index (χ4n) is 5.11. The van der Waals surface area contributed by atoms with Gasteiger partial charge in [0.1, 0.15) is 18.4 Å². The van der Waals surface area contributed by atoms with Gasteiger partial charge in [0.25, 0.3) is 0 Å². The Kier molecular flexibility index (Phi) is 13.9. The molecule has 1 N–H and O–H groups in total. The van der Waals surface area contributed by atoms with E-state index in [-0.39, 0.29) is 18.1 Å². The predicted octanol–water partition coefficient (Wildman–Crippen LogP) is 3.81. The van der Waals surface area contributed by atoms with Gasteiger partial charge in [-0.1, -0.05) is 41.9 Å². The zero-order chi connectivity index (χ0) is 35.2. The Morgan fingerprint density at radius 1 is 1.06 bits per heavy atom. The van der Waals surface area contributed by atoms with Crippen LogP contribution in [-0.2, 0) is 47.7 Å². The Morgan fingerprint density at radius 2 is 1.79 bits per heavy atom. The van der Waals surface area contributed by atoms with Crippen LogP contribution in [0.25, 0.3) is 21.7 Å². The van der Waals surface area contributed by atoms with Gasteiger partial charge in [-0.2, -0.15) is 0 Å². The molecular formula is C31H39N7O10. The van der Waals surface area contributed by atoms with Gasteiger partial charge in [-0.3, -0.25) is 19.2 Å². The number of ether oxygens (including phenoxy) is 5. The number of rotatable bonds is 16. The van der Waals surface area contributed by atoms with Crippen LogP contribution in [0.4, 0.5) is 5.69 Å². The van der Waals surface area contributed by atoms with Gasteiger partial charge in [-0.25, -0.2) is 9.48 Å². The summed E-state index contributed by atoms with van der Waals surface area (Å²) in [5.41, 5.74) is 9.89. The Balaban J connectivity index is 1.92. The van der Waals surface area contributed by atoms with E-state index in [1.54, 1.807) is 37.4 Å². The molecule has 1 amide bonds. The molecule has 5 atom stereocenters. The lowest BCUT2D eigenvalue weighted by Gasteiger charge is -2.40. The van der Waals surface area contributed by atoms with Gasteiger partial charge in [0.05, 0.1) is 25.0 Å². The Labute approximate surface area is 276 Å². The third kappa shape index (κ3) is 10.6. The summed E-state index contributed by atoms with van der Waals surface area (Å²) in [6.45, 7) is 5.14. The Hall–Kier alpha value is -5.44. The van der Waals surface area contributed by atoms with E-state index in [4.69, 9.17) is 29.2 Å². The molecule has 17 nitrogen and oxygen atoms in total. The third-order valence-corrected chi connectivity index (χ3v) is 7.31. The fourth-order valence-corrected chi connectivity index (χ4v) is 5.11. The zero-order valence-corrected chi connectivity index (χ0v) is 27.4. The summed E-state index contributed by atoms with van der Waals surface area (Å²) >= 11 is 0. The number of anilines is 1. The van der Waals surface area contributed by atoms with Crippen LogP contribution in [0.15, 0.2) is 47.4 Å². The monoisotopic (exact) mass is 669 g/mol. The van der Waals surface area contributed by atoms with E-state index in [0.717, 1.165) is 20.3 Å². The highest BCUT2D eigenvalue weighted by Crippen LogP contribution is 2.37. The van der Waals surface area contributed by atoms with Crippen LogP contribution in [0.2, 0.25) is 0 Å². The number of allylic oxidation sites excluding steroid dienone is 1. The van der Waals surface area contributed by atoms with E-state index in [9.17, 15) is 24.0 Å². The van der Waals surface area contributed by atoms with Crippen LogP contribution in [0.3, 0.4) is 0 Å². The van der Waals surface area contributed by atoms with Crippen molar-refractivity contribution in [2.75, 3.05) is 25.6 Å². The highest BCUT2D eigenvalue weighted by atomic mass is 16.6. The van der Waals surface area contributed by atoms with Gasteiger partial charge < -0.3 is 29.0 Å². The number of nitrogens with one attached hydrogen (secondary N) is 1. The van der Waals surface area contributed by atoms with Crippen molar-refractivity contribution in [2.24, 2.45) is 11.0 Å². The van der Waals surface area contributed by atoms with E-state index in [2.05, 4.69) is 25.7 Å². The summed E-state index contributed by atoms with van der Waals surface area (Å²) in [5.74, 6) is -3.98. The molecule has 2 aromatic rings. The molecule has 0 saturated carbocycles. The number of hydrogen-bond donors (Lipinski definition) is 1. The molecule has 258 valence electrons. The largest absolute Gasteiger partial charge is 0.479 e. The first-order chi connectivity index (χ1) is 22.9. The first-order valence-corrected chi connectivity index (χ1v) is 15.2. The lowest BCUT2D eigenvalue weighted by molar-refractivity contribution is -0.190. The molecule has 0 spiro atoms. The smallest absolute Gasteiger partial charge is 0.373 e. The zero-order valence-electron chi connectivity index (χ0n) is 27.4. The van der Waals surface area contributed by atoms with Crippen LogP contribution < -0.4 is 5.32 Å². The van der Waals surface area contributed by atoms with Crippen molar-refractivity contribution >= 4 is 35.5 Å². The summed E-state index contributed by atoms with van der Waals surface area (Å²) in [5, 5.41) is 15.0. The van der Waals surface area contributed by atoms with Crippen LogP contribution in [-0.4, -0.2) is 83.4 Å². The number of unbranched alkanes of at least 4 members (excludes halogenated alkanes) is 2. The normalized spacial score (nSPS) is 18.1. The average Bonchev–Trinajstić information content (AvgIpc) is 3.53. The molecule has 1 aliphatic heterocycles. The maximum absolute atomic E-state index is 12.7. The number of nitrogens with zero attached hydrogens (tertiary/aromatic N) is 6. The van der Waals surface area contributed by atoms with Gasteiger partial charge in [-0.15, -0.1) is 5.10 Å². The second-order valence-electron chi connectivity index (χ2n) is 10.9.